The summed E-state index contributed by atoms with van der Waals surface area (Å²) in [5.41, 5.74) is 7.40. The maximum atomic E-state index is 11.9. The Morgan fingerprint density at radius 1 is 1.38 bits per heavy atom. The van der Waals surface area contributed by atoms with Crippen LogP contribution in [-0.2, 0) is 13.6 Å². The van der Waals surface area contributed by atoms with E-state index in [0.29, 0.717) is 11.6 Å². The lowest BCUT2D eigenvalue weighted by atomic mass is 10.2. The zero-order valence-electron chi connectivity index (χ0n) is 9.90. The quantitative estimate of drug-likeness (QED) is 0.780. The first-order valence-corrected chi connectivity index (χ1v) is 5.45. The van der Waals surface area contributed by atoms with Crippen LogP contribution >= 0.6 is 0 Å². The molecule has 2 rings (SSSR count). The van der Waals surface area contributed by atoms with E-state index in [9.17, 15) is 4.79 Å². The van der Waals surface area contributed by atoms with Crippen molar-refractivity contribution < 1.29 is 0 Å². The first-order chi connectivity index (χ1) is 7.50. The molecule has 16 heavy (non-hydrogen) atoms. The van der Waals surface area contributed by atoms with E-state index >= 15 is 0 Å². The van der Waals surface area contributed by atoms with E-state index in [0.717, 1.165) is 17.4 Å². The van der Waals surface area contributed by atoms with Gasteiger partial charge in [0.2, 0.25) is 0 Å². The van der Waals surface area contributed by atoms with Crippen LogP contribution in [0.1, 0.15) is 13.8 Å². The summed E-state index contributed by atoms with van der Waals surface area (Å²) in [5.74, 6) is 0.489. The van der Waals surface area contributed by atoms with Crippen LogP contribution in [0.2, 0.25) is 0 Å². The molecule has 0 aliphatic carbocycles. The minimum Gasteiger partial charge on any atom is -0.399 e. The van der Waals surface area contributed by atoms with E-state index in [2.05, 4.69) is 13.8 Å². The molecule has 0 aliphatic rings. The highest BCUT2D eigenvalue weighted by Gasteiger charge is 2.11. The topological polar surface area (TPSA) is 52.9 Å². The molecule has 0 saturated heterocycles. The molecular weight excluding hydrogens is 202 g/mol. The number of aromatic nitrogens is 2. The van der Waals surface area contributed by atoms with E-state index in [1.165, 1.54) is 0 Å². The van der Waals surface area contributed by atoms with Gasteiger partial charge < -0.3 is 5.73 Å². The van der Waals surface area contributed by atoms with Crippen molar-refractivity contribution in [2.75, 3.05) is 5.73 Å². The van der Waals surface area contributed by atoms with Crippen molar-refractivity contribution in [2.45, 2.75) is 20.4 Å². The van der Waals surface area contributed by atoms with Crippen LogP contribution in [0.4, 0.5) is 5.69 Å². The molecule has 0 bridgehead atoms. The van der Waals surface area contributed by atoms with Gasteiger partial charge in [-0.3, -0.25) is 14.2 Å². The van der Waals surface area contributed by atoms with E-state index in [1.807, 2.05) is 10.7 Å². The normalized spacial score (nSPS) is 11.5. The van der Waals surface area contributed by atoms with Gasteiger partial charge in [-0.05, 0) is 24.1 Å². The molecule has 0 unspecified atom stereocenters. The first-order valence-electron chi connectivity index (χ1n) is 5.45. The van der Waals surface area contributed by atoms with Gasteiger partial charge in [0.15, 0.2) is 0 Å². The summed E-state index contributed by atoms with van der Waals surface area (Å²) in [7, 11) is 1.79. The monoisotopic (exact) mass is 219 g/mol. The number of anilines is 1. The molecule has 2 N–H and O–H groups in total. The lowest BCUT2D eigenvalue weighted by molar-refractivity contribution is 0.434. The standard InChI is InChI=1S/C12H17N3O/c1-8(2)7-15-11-6-9(13)4-5-10(11)12(16)14(15)3/h4-6,8H,7,13H2,1-3H3. The lowest BCUT2D eigenvalue weighted by Crippen LogP contribution is -2.20. The van der Waals surface area contributed by atoms with Gasteiger partial charge in [0.25, 0.3) is 5.56 Å². The molecule has 1 aromatic carbocycles. The Hall–Kier alpha value is -1.71. The fourth-order valence-corrected chi connectivity index (χ4v) is 1.96. The average molecular weight is 219 g/mol. The second-order valence-electron chi connectivity index (χ2n) is 4.58. The summed E-state index contributed by atoms with van der Waals surface area (Å²) in [4.78, 5) is 11.9. The molecule has 86 valence electrons. The number of hydrogen-bond donors (Lipinski definition) is 1. The van der Waals surface area contributed by atoms with Gasteiger partial charge in [0.1, 0.15) is 0 Å². The Morgan fingerprint density at radius 2 is 2.06 bits per heavy atom. The number of nitrogens with zero attached hydrogens (tertiary/aromatic N) is 2. The summed E-state index contributed by atoms with van der Waals surface area (Å²) < 4.78 is 3.64. The zero-order valence-corrected chi connectivity index (χ0v) is 9.90. The summed E-state index contributed by atoms with van der Waals surface area (Å²) in [6.07, 6.45) is 0. The fraction of sp³-hybridized carbons (Fsp3) is 0.417. The molecule has 4 nitrogen and oxygen atoms in total. The molecule has 0 aliphatic heterocycles. The van der Waals surface area contributed by atoms with Gasteiger partial charge in [0.05, 0.1) is 10.9 Å². The Morgan fingerprint density at radius 3 is 2.69 bits per heavy atom. The van der Waals surface area contributed by atoms with Crippen molar-refractivity contribution in [1.29, 1.82) is 0 Å². The number of hydrogen-bond acceptors (Lipinski definition) is 2. The van der Waals surface area contributed by atoms with Gasteiger partial charge in [-0.15, -0.1) is 0 Å². The van der Waals surface area contributed by atoms with Crippen molar-refractivity contribution in [1.82, 2.24) is 9.36 Å². The minimum atomic E-state index is 0.0376. The molecule has 0 saturated carbocycles. The van der Waals surface area contributed by atoms with Gasteiger partial charge in [-0.2, -0.15) is 0 Å². The van der Waals surface area contributed by atoms with Crippen LogP contribution in [0.5, 0.6) is 0 Å². The number of rotatable bonds is 2. The van der Waals surface area contributed by atoms with Crippen LogP contribution in [0, 0.1) is 5.92 Å². The maximum absolute atomic E-state index is 11.9. The van der Waals surface area contributed by atoms with Crippen molar-refractivity contribution in [3.05, 3.63) is 28.6 Å². The molecule has 0 amide bonds. The van der Waals surface area contributed by atoms with Crippen molar-refractivity contribution >= 4 is 16.6 Å². The fourth-order valence-electron chi connectivity index (χ4n) is 1.96. The molecule has 4 heteroatoms. The van der Waals surface area contributed by atoms with Gasteiger partial charge in [0, 0.05) is 19.3 Å². The summed E-state index contributed by atoms with van der Waals surface area (Å²) in [5, 5.41) is 0.734. The molecule has 0 atom stereocenters. The summed E-state index contributed by atoms with van der Waals surface area (Å²) >= 11 is 0. The van der Waals surface area contributed by atoms with Gasteiger partial charge in [-0.25, -0.2) is 0 Å². The minimum absolute atomic E-state index is 0.0376. The maximum Gasteiger partial charge on any atom is 0.274 e. The predicted octanol–water partition coefficient (Wildman–Crippen LogP) is 1.58. The lowest BCUT2D eigenvalue weighted by Gasteiger charge is -2.11. The van der Waals surface area contributed by atoms with E-state index < -0.39 is 0 Å². The van der Waals surface area contributed by atoms with E-state index in [1.54, 1.807) is 23.9 Å². The number of nitrogen functional groups attached to an aromatic ring is 1. The highest BCUT2D eigenvalue weighted by atomic mass is 16.1. The van der Waals surface area contributed by atoms with Crippen LogP contribution in [0.15, 0.2) is 23.0 Å². The van der Waals surface area contributed by atoms with Crippen LogP contribution in [0.3, 0.4) is 0 Å². The van der Waals surface area contributed by atoms with Crippen molar-refractivity contribution in [2.24, 2.45) is 13.0 Å². The van der Waals surface area contributed by atoms with Gasteiger partial charge in [-0.1, -0.05) is 13.8 Å². The molecule has 1 aromatic heterocycles. The third-order valence-corrected chi connectivity index (χ3v) is 2.72. The first kappa shape index (κ1) is 10.8. The Kier molecular flexibility index (Phi) is 2.50. The SMILES string of the molecule is CC(C)Cn1c2cc(N)ccc2c(=O)n1C. The third kappa shape index (κ3) is 1.60. The molecule has 1 heterocycles. The van der Waals surface area contributed by atoms with E-state index in [-0.39, 0.29) is 5.56 Å². The molecule has 2 aromatic rings. The average Bonchev–Trinajstić information content (AvgIpc) is 2.43. The van der Waals surface area contributed by atoms with Crippen LogP contribution < -0.4 is 11.3 Å². The molecular formula is C12H17N3O. The Balaban J connectivity index is 2.75. The summed E-state index contributed by atoms with van der Waals surface area (Å²) in [6.45, 7) is 5.07. The number of fused-ring (bicyclic) bond motifs is 1. The predicted molar refractivity (Wildman–Crippen MR) is 66.4 cm³/mol. The van der Waals surface area contributed by atoms with Crippen molar-refractivity contribution in [3.63, 3.8) is 0 Å². The van der Waals surface area contributed by atoms with Crippen LogP contribution in [-0.4, -0.2) is 9.36 Å². The largest absolute Gasteiger partial charge is 0.399 e. The Bertz CT molecular complexity index is 578. The number of benzene rings is 1. The van der Waals surface area contributed by atoms with Gasteiger partial charge >= 0.3 is 0 Å². The molecule has 0 spiro atoms. The second kappa shape index (κ2) is 3.70. The zero-order chi connectivity index (χ0) is 11.9. The highest BCUT2D eigenvalue weighted by Crippen LogP contribution is 2.16. The third-order valence-electron chi connectivity index (χ3n) is 2.72. The molecule has 0 fully saturated rings. The summed E-state index contributed by atoms with van der Waals surface area (Å²) in [6, 6.07) is 5.42. The molecule has 0 radical (unpaired) electrons. The van der Waals surface area contributed by atoms with Crippen molar-refractivity contribution in [3.8, 4) is 0 Å². The smallest absolute Gasteiger partial charge is 0.274 e. The number of nitrogens with two attached hydrogens (primary N) is 1. The van der Waals surface area contributed by atoms with Crippen LogP contribution in [0.25, 0.3) is 10.9 Å². The second-order valence-corrected chi connectivity index (χ2v) is 4.58. The van der Waals surface area contributed by atoms with E-state index in [4.69, 9.17) is 5.73 Å². The highest BCUT2D eigenvalue weighted by molar-refractivity contribution is 5.81. The Labute approximate surface area is 94.3 Å².